The lowest BCUT2D eigenvalue weighted by Crippen LogP contribution is -2.42. The smallest absolute Gasteiger partial charge is 0.296 e. The Labute approximate surface area is 221 Å². The highest BCUT2D eigenvalue weighted by Gasteiger charge is 2.39. The molecule has 1 N–H and O–H groups in total. The highest BCUT2D eigenvalue weighted by molar-refractivity contribution is 7.93. The molecule has 1 saturated carbocycles. The molecule has 204 valence electrons. The lowest BCUT2D eigenvalue weighted by atomic mass is 9.86. The Hall–Kier alpha value is -1.91. The molecule has 4 aliphatic rings. The first-order chi connectivity index (χ1) is 17.7. The Kier molecular flexibility index (Phi) is 7.71. The van der Waals surface area contributed by atoms with Crippen molar-refractivity contribution in [3.63, 3.8) is 0 Å². The van der Waals surface area contributed by atoms with Crippen LogP contribution in [0.1, 0.15) is 86.5 Å². The Morgan fingerprint density at radius 2 is 1.54 bits per heavy atom. The summed E-state index contributed by atoms with van der Waals surface area (Å²) in [4.78, 5) is 14.6. The minimum atomic E-state index is -4.09. The summed E-state index contributed by atoms with van der Waals surface area (Å²) in [6, 6.07) is 1.11. The Balaban J connectivity index is 1.31. The maximum atomic E-state index is 13.2. The van der Waals surface area contributed by atoms with Crippen LogP contribution in [0, 0.1) is 0 Å². The van der Waals surface area contributed by atoms with E-state index in [-0.39, 0.29) is 5.25 Å². The van der Waals surface area contributed by atoms with Gasteiger partial charge in [-0.1, -0.05) is 31.4 Å². The molecule has 2 amide bonds. The zero-order chi connectivity index (χ0) is 26.2. The number of urea groups is 1. The molecular formula is C27H39N3O5S2. The topological polar surface area (TPSA) is 104 Å². The molecular weight excluding hydrogens is 510 g/mol. The van der Waals surface area contributed by atoms with Gasteiger partial charge in [0.2, 0.25) is 10.0 Å². The second-order valence-electron chi connectivity index (χ2n) is 11.0. The lowest BCUT2D eigenvalue weighted by Gasteiger charge is -2.29. The van der Waals surface area contributed by atoms with Gasteiger partial charge in [0, 0.05) is 25.0 Å². The minimum absolute atomic E-state index is 0.376. The first-order valence-electron chi connectivity index (χ1n) is 13.8. The van der Waals surface area contributed by atoms with Gasteiger partial charge in [0.15, 0.2) is 0 Å². The average molecular weight is 550 g/mol. The summed E-state index contributed by atoms with van der Waals surface area (Å²) in [6.07, 6.45) is 14.0. The molecule has 0 bridgehead atoms. The van der Waals surface area contributed by atoms with Crippen LogP contribution in [-0.4, -0.2) is 52.1 Å². The first kappa shape index (κ1) is 26.7. The fourth-order valence-electron chi connectivity index (χ4n) is 6.70. The summed E-state index contributed by atoms with van der Waals surface area (Å²) in [5.41, 5.74) is 5.78. The number of hydrogen-bond donors (Lipinski definition) is 1. The van der Waals surface area contributed by atoms with Crippen molar-refractivity contribution in [1.82, 2.24) is 9.03 Å². The highest BCUT2D eigenvalue weighted by atomic mass is 32.2. The van der Waals surface area contributed by atoms with Crippen molar-refractivity contribution in [3.8, 4) is 0 Å². The van der Waals surface area contributed by atoms with Crippen LogP contribution < -0.4 is 9.62 Å². The van der Waals surface area contributed by atoms with Gasteiger partial charge in [-0.25, -0.2) is 26.4 Å². The Morgan fingerprint density at radius 1 is 0.892 bits per heavy atom. The largest absolute Gasteiger partial charge is 0.335 e. The number of anilines is 1. The number of nitrogens with zero attached hydrogens (tertiary/aromatic N) is 2. The van der Waals surface area contributed by atoms with Crippen LogP contribution in [0.4, 0.5) is 10.5 Å². The predicted octanol–water partition coefficient (Wildman–Crippen LogP) is 4.17. The average Bonchev–Trinajstić information content (AvgIpc) is 3.56. The van der Waals surface area contributed by atoms with Gasteiger partial charge < -0.3 is 0 Å². The SMILES string of the molecule is CN(C(=O)NS(=O)(=O)/C=C/[C@H]1CCCN1S(=O)(=O)C1CCCCC1)c1c2c(cc3c1CCC3)CCCC2. The minimum Gasteiger partial charge on any atom is -0.296 e. The summed E-state index contributed by atoms with van der Waals surface area (Å²) in [7, 11) is -5.92. The van der Waals surface area contributed by atoms with Crippen LogP contribution in [-0.2, 0) is 45.7 Å². The van der Waals surface area contributed by atoms with Gasteiger partial charge in [-0.05, 0) is 92.9 Å². The number of rotatable bonds is 6. The lowest BCUT2D eigenvalue weighted by molar-refractivity contribution is 0.252. The van der Waals surface area contributed by atoms with Crippen molar-refractivity contribution in [2.45, 2.75) is 101 Å². The predicted molar refractivity (Wildman–Crippen MR) is 146 cm³/mol. The van der Waals surface area contributed by atoms with E-state index in [0.717, 1.165) is 75.3 Å². The molecule has 10 heteroatoms. The second kappa shape index (κ2) is 10.7. The van der Waals surface area contributed by atoms with Crippen molar-refractivity contribution in [1.29, 1.82) is 0 Å². The van der Waals surface area contributed by atoms with Gasteiger partial charge in [-0.3, -0.25) is 4.90 Å². The normalized spacial score (nSPS) is 23.2. The van der Waals surface area contributed by atoms with Crippen LogP contribution in [0.5, 0.6) is 0 Å². The third kappa shape index (κ3) is 5.47. The van der Waals surface area contributed by atoms with E-state index in [1.165, 1.54) is 37.5 Å². The zero-order valence-corrected chi connectivity index (χ0v) is 23.4. The number of carbonyl (C=O) groups is 1. The maximum Gasteiger partial charge on any atom is 0.335 e. The summed E-state index contributed by atoms with van der Waals surface area (Å²) in [5, 5.41) is 0.599. The van der Waals surface area contributed by atoms with Gasteiger partial charge in [-0.2, -0.15) is 4.31 Å². The number of fused-ring (bicyclic) bond motifs is 2. The molecule has 37 heavy (non-hydrogen) atoms. The molecule has 0 spiro atoms. The van der Waals surface area contributed by atoms with E-state index in [2.05, 4.69) is 10.8 Å². The van der Waals surface area contributed by atoms with Crippen LogP contribution in [0.25, 0.3) is 0 Å². The van der Waals surface area contributed by atoms with Crippen molar-refractivity contribution in [3.05, 3.63) is 39.8 Å². The molecule has 0 radical (unpaired) electrons. The van der Waals surface area contributed by atoms with Crippen LogP contribution in [0.2, 0.25) is 0 Å². The number of hydrogen-bond acceptors (Lipinski definition) is 5. The van der Waals surface area contributed by atoms with E-state index in [9.17, 15) is 21.6 Å². The molecule has 1 saturated heterocycles. The van der Waals surface area contributed by atoms with Crippen LogP contribution in [0.3, 0.4) is 0 Å². The van der Waals surface area contributed by atoms with E-state index in [1.54, 1.807) is 7.05 Å². The number of benzene rings is 1. The molecule has 3 aliphatic carbocycles. The van der Waals surface area contributed by atoms with Crippen molar-refractivity contribution >= 4 is 31.8 Å². The number of sulfonamides is 2. The summed E-state index contributed by atoms with van der Waals surface area (Å²) >= 11 is 0. The molecule has 1 atom stereocenters. The quantitative estimate of drug-likeness (QED) is 0.574. The van der Waals surface area contributed by atoms with Crippen molar-refractivity contribution in [2.24, 2.45) is 0 Å². The number of aryl methyl sites for hydroxylation is 2. The molecule has 1 aliphatic heterocycles. The third-order valence-electron chi connectivity index (χ3n) is 8.59. The number of nitrogens with one attached hydrogen (secondary N) is 1. The molecule has 1 aromatic carbocycles. The van der Waals surface area contributed by atoms with Gasteiger partial charge in [-0.15, -0.1) is 0 Å². The van der Waals surface area contributed by atoms with E-state index in [0.29, 0.717) is 32.2 Å². The second-order valence-corrected chi connectivity index (χ2v) is 14.8. The molecule has 5 rings (SSSR count). The molecule has 2 fully saturated rings. The molecule has 0 aromatic heterocycles. The van der Waals surface area contributed by atoms with E-state index in [1.807, 2.05) is 0 Å². The third-order valence-corrected chi connectivity index (χ3v) is 12.0. The number of carbonyl (C=O) groups excluding carboxylic acids is 1. The van der Waals surface area contributed by atoms with Gasteiger partial charge >= 0.3 is 6.03 Å². The van der Waals surface area contributed by atoms with E-state index in [4.69, 9.17) is 0 Å². The van der Waals surface area contributed by atoms with Gasteiger partial charge in [0.25, 0.3) is 10.0 Å². The fourth-order valence-corrected chi connectivity index (χ4v) is 9.79. The first-order valence-corrected chi connectivity index (χ1v) is 16.9. The van der Waals surface area contributed by atoms with Gasteiger partial charge in [0.1, 0.15) is 0 Å². The van der Waals surface area contributed by atoms with Crippen LogP contribution >= 0.6 is 0 Å². The number of amides is 2. The van der Waals surface area contributed by atoms with Crippen molar-refractivity contribution in [2.75, 3.05) is 18.5 Å². The monoisotopic (exact) mass is 549 g/mol. The highest BCUT2D eigenvalue weighted by Crippen LogP contribution is 2.39. The Morgan fingerprint density at radius 3 is 2.27 bits per heavy atom. The molecule has 1 aromatic rings. The zero-order valence-electron chi connectivity index (χ0n) is 21.7. The summed E-state index contributed by atoms with van der Waals surface area (Å²) in [5.74, 6) is 0. The van der Waals surface area contributed by atoms with Gasteiger partial charge in [0.05, 0.1) is 10.9 Å². The maximum absolute atomic E-state index is 13.2. The molecule has 8 nitrogen and oxygen atoms in total. The van der Waals surface area contributed by atoms with Crippen molar-refractivity contribution < 1.29 is 21.6 Å². The van der Waals surface area contributed by atoms with Crippen LogP contribution in [0.15, 0.2) is 17.6 Å². The molecule has 1 heterocycles. The fraction of sp³-hybridized carbons (Fsp3) is 0.667. The van der Waals surface area contributed by atoms with E-state index >= 15 is 0 Å². The Bertz CT molecular complexity index is 1280. The summed E-state index contributed by atoms with van der Waals surface area (Å²) in [6.45, 7) is 0.410. The standard InChI is InChI=1S/C27H39N3O5S2/c1-29(26-24-14-6-5-9-20(24)19-21-10-7-15-25(21)26)27(31)28-36(32,33)18-16-22-11-8-17-30(22)37(34,35)23-12-3-2-4-13-23/h16,18-19,22-23H,2-15,17H2,1H3,(H,28,31)/b18-16+/t22-/m1/s1. The van der Waals surface area contributed by atoms with E-state index < -0.39 is 32.1 Å². The molecule has 0 unspecified atom stereocenters. The summed E-state index contributed by atoms with van der Waals surface area (Å²) < 4.78 is 55.9.